The summed E-state index contributed by atoms with van der Waals surface area (Å²) in [6.07, 6.45) is 2.59. The van der Waals surface area contributed by atoms with Crippen molar-refractivity contribution in [2.24, 2.45) is 5.73 Å². The van der Waals surface area contributed by atoms with Crippen LogP contribution in [0.25, 0.3) is 0 Å². The number of nitrogens with zero attached hydrogens (tertiary/aromatic N) is 3. The van der Waals surface area contributed by atoms with Crippen LogP contribution in [0.3, 0.4) is 0 Å². The predicted molar refractivity (Wildman–Crippen MR) is 90.6 cm³/mol. The lowest BCUT2D eigenvalue weighted by Gasteiger charge is -2.23. The lowest BCUT2D eigenvalue weighted by Crippen LogP contribution is -2.41. The van der Waals surface area contributed by atoms with Gasteiger partial charge in [0.15, 0.2) is 5.82 Å². The summed E-state index contributed by atoms with van der Waals surface area (Å²) in [7, 11) is 0. The fourth-order valence-corrected chi connectivity index (χ4v) is 2.69. The van der Waals surface area contributed by atoms with Crippen LogP contribution in [0.4, 0.5) is 0 Å². The average molecular weight is 336 g/mol. The SMILES string of the molecule is CCc1nc2n(n1)CC(NC(=O)c1ccc(CN)cc1)CC2.Cl. The molecule has 1 aliphatic heterocycles. The number of nitrogens with two attached hydrogens (primary N) is 1. The lowest BCUT2D eigenvalue weighted by molar-refractivity contribution is 0.0926. The Hall–Kier alpha value is -1.92. The summed E-state index contributed by atoms with van der Waals surface area (Å²) < 4.78 is 1.92. The van der Waals surface area contributed by atoms with Gasteiger partial charge in [0.1, 0.15) is 5.82 Å². The summed E-state index contributed by atoms with van der Waals surface area (Å²) in [4.78, 5) is 16.8. The normalized spacial score (nSPS) is 16.3. The van der Waals surface area contributed by atoms with E-state index in [1.807, 2.05) is 35.9 Å². The van der Waals surface area contributed by atoms with Crippen molar-refractivity contribution >= 4 is 18.3 Å². The van der Waals surface area contributed by atoms with Crippen molar-refractivity contribution in [2.75, 3.05) is 0 Å². The van der Waals surface area contributed by atoms with Crippen molar-refractivity contribution in [3.8, 4) is 0 Å². The second-order valence-corrected chi connectivity index (χ2v) is 5.59. The van der Waals surface area contributed by atoms with E-state index < -0.39 is 0 Å². The van der Waals surface area contributed by atoms with Gasteiger partial charge in [-0.25, -0.2) is 9.67 Å². The fourth-order valence-electron chi connectivity index (χ4n) is 2.69. The molecular formula is C16H22ClN5O. The van der Waals surface area contributed by atoms with Crippen LogP contribution in [0, 0.1) is 0 Å². The van der Waals surface area contributed by atoms with E-state index in [0.717, 1.165) is 36.5 Å². The molecule has 3 N–H and O–H groups in total. The molecule has 1 unspecified atom stereocenters. The highest BCUT2D eigenvalue weighted by atomic mass is 35.5. The molecule has 0 saturated carbocycles. The molecule has 1 amide bonds. The quantitative estimate of drug-likeness (QED) is 0.885. The van der Waals surface area contributed by atoms with Crippen molar-refractivity contribution in [3.63, 3.8) is 0 Å². The van der Waals surface area contributed by atoms with Crippen LogP contribution in [0.15, 0.2) is 24.3 Å². The molecule has 0 saturated heterocycles. The molecule has 1 aromatic heterocycles. The van der Waals surface area contributed by atoms with Gasteiger partial charge in [-0.2, -0.15) is 5.10 Å². The number of fused-ring (bicyclic) bond motifs is 1. The number of aromatic nitrogens is 3. The lowest BCUT2D eigenvalue weighted by atomic mass is 10.1. The number of aryl methyl sites for hydroxylation is 2. The number of amides is 1. The fraction of sp³-hybridized carbons (Fsp3) is 0.438. The molecular weight excluding hydrogens is 314 g/mol. The van der Waals surface area contributed by atoms with E-state index in [0.29, 0.717) is 18.7 Å². The van der Waals surface area contributed by atoms with E-state index in [2.05, 4.69) is 15.4 Å². The summed E-state index contributed by atoms with van der Waals surface area (Å²) in [5.74, 6) is 1.85. The van der Waals surface area contributed by atoms with Crippen LogP contribution >= 0.6 is 12.4 Å². The van der Waals surface area contributed by atoms with Gasteiger partial charge in [0, 0.05) is 31.0 Å². The molecule has 7 heteroatoms. The number of rotatable bonds is 4. The average Bonchev–Trinajstić information content (AvgIpc) is 2.97. The van der Waals surface area contributed by atoms with Crippen LogP contribution < -0.4 is 11.1 Å². The van der Waals surface area contributed by atoms with Crippen LogP contribution in [0.5, 0.6) is 0 Å². The van der Waals surface area contributed by atoms with E-state index in [4.69, 9.17) is 5.73 Å². The monoisotopic (exact) mass is 335 g/mol. The van der Waals surface area contributed by atoms with Crippen molar-refractivity contribution in [2.45, 2.75) is 45.3 Å². The highest BCUT2D eigenvalue weighted by Crippen LogP contribution is 2.14. The summed E-state index contributed by atoms with van der Waals surface area (Å²) in [6, 6.07) is 7.51. The van der Waals surface area contributed by atoms with Crippen molar-refractivity contribution in [1.82, 2.24) is 20.1 Å². The Labute approximate surface area is 141 Å². The molecule has 2 heterocycles. The minimum absolute atomic E-state index is 0. The minimum atomic E-state index is -0.0483. The third kappa shape index (κ3) is 3.89. The van der Waals surface area contributed by atoms with E-state index >= 15 is 0 Å². The number of benzene rings is 1. The maximum atomic E-state index is 12.3. The maximum absolute atomic E-state index is 12.3. The first kappa shape index (κ1) is 17.4. The van der Waals surface area contributed by atoms with E-state index in [1.165, 1.54) is 0 Å². The number of nitrogens with one attached hydrogen (secondary N) is 1. The Balaban J connectivity index is 0.00000192. The number of carbonyl (C=O) groups is 1. The zero-order valence-electron chi connectivity index (χ0n) is 13.2. The van der Waals surface area contributed by atoms with Crippen LogP contribution in [-0.4, -0.2) is 26.7 Å². The van der Waals surface area contributed by atoms with Gasteiger partial charge >= 0.3 is 0 Å². The predicted octanol–water partition coefficient (Wildman–Crippen LogP) is 1.47. The Morgan fingerprint density at radius 1 is 1.39 bits per heavy atom. The molecule has 2 aromatic rings. The van der Waals surface area contributed by atoms with Gasteiger partial charge in [-0.05, 0) is 24.1 Å². The minimum Gasteiger partial charge on any atom is -0.347 e. The van der Waals surface area contributed by atoms with Gasteiger partial charge in [-0.1, -0.05) is 19.1 Å². The number of hydrogen-bond donors (Lipinski definition) is 2. The first-order chi connectivity index (χ1) is 10.7. The van der Waals surface area contributed by atoms with Crippen molar-refractivity contribution < 1.29 is 4.79 Å². The number of carbonyl (C=O) groups excluding carboxylic acids is 1. The topological polar surface area (TPSA) is 85.8 Å². The molecule has 0 bridgehead atoms. The molecule has 1 aromatic carbocycles. The molecule has 0 fully saturated rings. The van der Waals surface area contributed by atoms with Gasteiger partial charge in [0.25, 0.3) is 5.91 Å². The number of halogens is 1. The summed E-state index contributed by atoms with van der Waals surface area (Å²) in [5.41, 5.74) is 7.25. The molecule has 1 aliphatic rings. The molecule has 1 atom stereocenters. The standard InChI is InChI=1S/C16H21N5O.ClH/c1-2-14-19-15-8-7-13(10-21(15)20-14)18-16(22)12-5-3-11(9-17)4-6-12;/h3-6,13H,2,7-10,17H2,1H3,(H,18,22);1H. The van der Waals surface area contributed by atoms with E-state index in [-0.39, 0.29) is 24.4 Å². The maximum Gasteiger partial charge on any atom is 0.251 e. The molecule has 6 nitrogen and oxygen atoms in total. The number of hydrogen-bond acceptors (Lipinski definition) is 4. The van der Waals surface area contributed by atoms with Crippen LogP contribution in [0.2, 0.25) is 0 Å². The van der Waals surface area contributed by atoms with Gasteiger partial charge in [0.05, 0.1) is 6.54 Å². The Morgan fingerprint density at radius 3 is 2.78 bits per heavy atom. The van der Waals surface area contributed by atoms with Crippen LogP contribution in [-0.2, 0) is 25.9 Å². The Bertz CT molecular complexity index is 668. The van der Waals surface area contributed by atoms with E-state index in [9.17, 15) is 4.79 Å². The molecule has 0 aliphatic carbocycles. The third-order valence-corrected chi connectivity index (χ3v) is 4.01. The summed E-state index contributed by atoms with van der Waals surface area (Å²) in [5, 5.41) is 7.54. The molecule has 3 rings (SSSR count). The second-order valence-electron chi connectivity index (χ2n) is 5.59. The highest BCUT2D eigenvalue weighted by Gasteiger charge is 2.22. The Morgan fingerprint density at radius 2 is 2.13 bits per heavy atom. The zero-order valence-corrected chi connectivity index (χ0v) is 14.0. The first-order valence-corrected chi connectivity index (χ1v) is 7.72. The van der Waals surface area contributed by atoms with E-state index in [1.54, 1.807) is 0 Å². The van der Waals surface area contributed by atoms with Gasteiger partial charge in [-0.3, -0.25) is 4.79 Å². The summed E-state index contributed by atoms with van der Waals surface area (Å²) in [6.45, 7) is 3.22. The summed E-state index contributed by atoms with van der Waals surface area (Å²) >= 11 is 0. The first-order valence-electron chi connectivity index (χ1n) is 7.72. The van der Waals surface area contributed by atoms with Crippen LogP contribution in [0.1, 0.15) is 40.9 Å². The smallest absolute Gasteiger partial charge is 0.251 e. The molecule has 0 spiro atoms. The largest absolute Gasteiger partial charge is 0.347 e. The highest BCUT2D eigenvalue weighted by molar-refractivity contribution is 5.94. The second kappa shape index (κ2) is 7.57. The van der Waals surface area contributed by atoms with Crippen molar-refractivity contribution in [3.05, 3.63) is 47.0 Å². The van der Waals surface area contributed by atoms with Gasteiger partial charge in [-0.15, -0.1) is 12.4 Å². The third-order valence-electron chi connectivity index (χ3n) is 4.01. The molecule has 23 heavy (non-hydrogen) atoms. The molecule has 0 radical (unpaired) electrons. The zero-order chi connectivity index (χ0) is 15.5. The van der Waals surface area contributed by atoms with Crippen molar-refractivity contribution in [1.29, 1.82) is 0 Å². The molecule has 124 valence electrons. The van der Waals surface area contributed by atoms with Gasteiger partial charge < -0.3 is 11.1 Å². The van der Waals surface area contributed by atoms with Gasteiger partial charge in [0.2, 0.25) is 0 Å². The Kier molecular flexibility index (Phi) is 5.74.